The molecule has 0 bridgehead atoms. The maximum absolute atomic E-state index is 11.7. The summed E-state index contributed by atoms with van der Waals surface area (Å²) >= 11 is 0. The van der Waals surface area contributed by atoms with Crippen LogP contribution in [0.1, 0.15) is 52.0 Å². The maximum atomic E-state index is 11.7. The van der Waals surface area contributed by atoms with Gasteiger partial charge >= 0.3 is 0 Å². The summed E-state index contributed by atoms with van der Waals surface area (Å²) in [4.78, 5) is 0. The number of hydrogen-bond donors (Lipinski definition) is 1. The molecule has 9 heteroatoms. The van der Waals surface area contributed by atoms with E-state index >= 15 is 0 Å². The summed E-state index contributed by atoms with van der Waals surface area (Å²) in [6.07, 6.45) is -1.13. The number of rotatable bonds is 20. The third-order valence-electron chi connectivity index (χ3n) is 10.3. The van der Waals surface area contributed by atoms with Gasteiger partial charge in [-0.05, 0) is 52.4 Å². The van der Waals surface area contributed by atoms with Gasteiger partial charge < -0.3 is 43.0 Å². The SMILES string of the molecule is CCOC1O[C@H](c2cc(OCc3ccccc3)c(OCc3ccccc3)c(OCc3ccccc3)c2)[C@@H](Cc2c(O)cc(OCc3ccccc3)cc2OCc2ccccc2)O1. The van der Waals surface area contributed by atoms with E-state index in [-0.39, 0.29) is 38.6 Å². The van der Waals surface area contributed by atoms with E-state index in [4.69, 9.17) is 37.9 Å². The van der Waals surface area contributed by atoms with Crippen LogP contribution in [0.4, 0.5) is 0 Å². The van der Waals surface area contributed by atoms with Gasteiger partial charge in [-0.15, -0.1) is 0 Å². The minimum absolute atomic E-state index is 0.00394. The van der Waals surface area contributed by atoms with Crippen LogP contribution in [0.2, 0.25) is 0 Å². The lowest BCUT2D eigenvalue weighted by Gasteiger charge is -2.23. The van der Waals surface area contributed by atoms with Crippen molar-refractivity contribution in [2.45, 2.75) is 65.1 Å². The van der Waals surface area contributed by atoms with E-state index in [0.29, 0.717) is 53.1 Å². The van der Waals surface area contributed by atoms with Crippen LogP contribution in [-0.2, 0) is 53.7 Å². The number of phenols is 1. The Labute approximate surface area is 362 Å². The minimum atomic E-state index is -0.976. The van der Waals surface area contributed by atoms with Gasteiger partial charge in [-0.3, -0.25) is 0 Å². The molecule has 0 saturated carbocycles. The molecule has 8 rings (SSSR count). The molecule has 1 aliphatic heterocycles. The molecular formula is C53H50O9. The molecule has 62 heavy (non-hydrogen) atoms. The van der Waals surface area contributed by atoms with Crippen LogP contribution in [0.25, 0.3) is 0 Å². The first-order valence-corrected chi connectivity index (χ1v) is 20.9. The van der Waals surface area contributed by atoms with Gasteiger partial charge in [0.1, 0.15) is 56.4 Å². The van der Waals surface area contributed by atoms with E-state index < -0.39 is 18.7 Å². The first-order chi connectivity index (χ1) is 30.6. The predicted molar refractivity (Wildman–Crippen MR) is 236 cm³/mol. The lowest BCUT2D eigenvalue weighted by atomic mass is 9.96. The van der Waals surface area contributed by atoms with Crippen molar-refractivity contribution >= 4 is 0 Å². The molecule has 0 spiro atoms. The summed E-state index contributed by atoms with van der Waals surface area (Å²) < 4.78 is 51.4. The van der Waals surface area contributed by atoms with Crippen molar-refractivity contribution in [3.63, 3.8) is 0 Å². The van der Waals surface area contributed by atoms with Gasteiger partial charge in [0.2, 0.25) is 5.75 Å². The number of phenolic OH excluding ortho intramolecular Hbond substituents is 1. The van der Waals surface area contributed by atoms with E-state index in [1.165, 1.54) is 0 Å². The molecule has 1 fully saturated rings. The molecule has 0 radical (unpaired) electrons. The Kier molecular flexibility index (Phi) is 14.3. The first-order valence-electron chi connectivity index (χ1n) is 20.9. The monoisotopic (exact) mass is 830 g/mol. The molecule has 1 heterocycles. The third-order valence-corrected chi connectivity index (χ3v) is 10.3. The van der Waals surface area contributed by atoms with Crippen LogP contribution >= 0.6 is 0 Å². The van der Waals surface area contributed by atoms with E-state index in [1.807, 2.05) is 177 Å². The summed E-state index contributed by atoms with van der Waals surface area (Å²) in [5.41, 5.74) is 6.19. The largest absolute Gasteiger partial charge is 0.507 e. The highest BCUT2D eigenvalue weighted by Crippen LogP contribution is 2.46. The Balaban J connectivity index is 1.15. The molecule has 1 N–H and O–H groups in total. The van der Waals surface area contributed by atoms with Crippen LogP contribution in [0.5, 0.6) is 34.5 Å². The molecule has 0 aromatic heterocycles. The number of hydrogen-bond acceptors (Lipinski definition) is 9. The summed E-state index contributed by atoms with van der Waals surface area (Å²) in [7, 11) is 0. The Morgan fingerprint density at radius 1 is 0.468 bits per heavy atom. The van der Waals surface area contributed by atoms with Crippen molar-refractivity contribution in [3.05, 3.63) is 215 Å². The molecule has 7 aromatic rings. The zero-order valence-corrected chi connectivity index (χ0v) is 34.6. The lowest BCUT2D eigenvalue weighted by molar-refractivity contribution is -0.240. The van der Waals surface area contributed by atoms with E-state index in [9.17, 15) is 5.11 Å². The highest BCUT2D eigenvalue weighted by atomic mass is 16.9. The standard InChI is InChI=1S/C53H50O9/c1-2-55-53-61-50(32-45-46(54)30-44(56-33-38-18-8-3-9-19-38)31-47(45)57-34-39-20-10-4-11-21-39)51(62-53)43-28-48(58-35-40-22-12-5-13-23-40)52(60-37-42-26-16-7-17-27-42)49(29-43)59-36-41-24-14-6-15-25-41/h3-31,50-51,53-54H,2,32-37H2,1H3/t50-,51-,53?/m1/s1. The zero-order chi connectivity index (χ0) is 42.4. The molecule has 7 aromatic carbocycles. The number of aromatic hydroxyl groups is 1. The number of ether oxygens (including phenoxy) is 8. The van der Waals surface area contributed by atoms with Gasteiger partial charge in [0.15, 0.2) is 11.5 Å². The third kappa shape index (κ3) is 11.3. The molecule has 1 unspecified atom stereocenters. The molecule has 0 amide bonds. The highest BCUT2D eigenvalue weighted by molar-refractivity contribution is 5.55. The Hall–Kier alpha value is -6.78. The van der Waals surface area contributed by atoms with Crippen LogP contribution in [0.15, 0.2) is 176 Å². The zero-order valence-electron chi connectivity index (χ0n) is 34.6. The van der Waals surface area contributed by atoms with Crippen molar-refractivity contribution in [3.8, 4) is 34.5 Å². The second-order valence-corrected chi connectivity index (χ2v) is 14.8. The smallest absolute Gasteiger partial charge is 0.272 e. The van der Waals surface area contributed by atoms with Gasteiger partial charge in [-0.1, -0.05) is 152 Å². The lowest BCUT2D eigenvalue weighted by Crippen LogP contribution is -2.20. The van der Waals surface area contributed by atoms with Crippen molar-refractivity contribution in [2.75, 3.05) is 6.61 Å². The molecule has 0 aliphatic carbocycles. The van der Waals surface area contributed by atoms with Gasteiger partial charge in [-0.25, -0.2) is 0 Å². The van der Waals surface area contributed by atoms with Crippen LogP contribution in [0, 0.1) is 0 Å². The topological polar surface area (TPSA) is 94.1 Å². The average Bonchev–Trinajstić information content (AvgIpc) is 3.72. The second kappa shape index (κ2) is 21.1. The van der Waals surface area contributed by atoms with E-state index in [0.717, 1.165) is 27.8 Å². The first kappa shape index (κ1) is 41.9. The quantitative estimate of drug-likeness (QED) is 0.0806. The molecule has 316 valence electrons. The number of benzene rings is 7. The Bertz CT molecular complexity index is 2370. The highest BCUT2D eigenvalue weighted by Gasteiger charge is 2.40. The van der Waals surface area contributed by atoms with Crippen LogP contribution < -0.4 is 23.7 Å². The second-order valence-electron chi connectivity index (χ2n) is 14.8. The fraction of sp³-hybridized carbons (Fsp3) is 0.208. The predicted octanol–water partition coefficient (Wildman–Crippen LogP) is 11.3. The van der Waals surface area contributed by atoms with Crippen molar-refractivity contribution in [2.24, 2.45) is 0 Å². The van der Waals surface area contributed by atoms with Gasteiger partial charge in [0.05, 0.1) is 6.10 Å². The molecule has 3 atom stereocenters. The van der Waals surface area contributed by atoms with Crippen LogP contribution in [-0.4, -0.2) is 24.3 Å². The summed E-state index contributed by atoms with van der Waals surface area (Å²) in [5.74, 6) is 2.34. The minimum Gasteiger partial charge on any atom is -0.507 e. The van der Waals surface area contributed by atoms with Gasteiger partial charge in [-0.2, -0.15) is 0 Å². The molecule has 1 aliphatic rings. The molecule has 9 nitrogen and oxygen atoms in total. The fourth-order valence-corrected chi connectivity index (χ4v) is 7.14. The van der Waals surface area contributed by atoms with Gasteiger partial charge in [0, 0.05) is 30.7 Å². The molecular weight excluding hydrogens is 781 g/mol. The molecule has 1 saturated heterocycles. The maximum Gasteiger partial charge on any atom is 0.272 e. The normalized spacial score (nSPS) is 15.8. The summed E-state index contributed by atoms with van der Waals surface area (Å²) in [5, 5.41) is 11.7. The van der Waals surface area contributed by atoms with E-state index in [1.54, 1.807) is 6.07 Å². The van der Waals surface area contributed by atoms with Crippen molar-refractivity contribution < 1.29 is 43.0 Å². The van der Waals surface area contributed by atoms with E-state index in [2.05, 4.69) is 0 Å². The van der Waals surface area contributed by atoms with Crippen molar-refractivity contribution in [1.29, 1.82) is 0 Å². The van der Waals surface area contributed by atoms with Crippen LogP contribution in [0.3, 0.4) is 0 Å². The fourth-order valence-electron chi connectivity index (χ4n) is 7.14. The van der Waals surface area contributed by atoms with Crippen molar-refractivity contribution in [1.82, 2.24) is 0 Å². The average molecular weight is 831 g/mol. The summed E-state index contributed by atoms with van der Waals surface area (Å²) in [6.45, 7) is 2.72. The Morgan fingerprint density at radius 3 is 1.34 bits per heavy atom. The van der Waals surface area contributed by atoms with Gasteiger partial charge in [0.25, 0.3) is 6.48 Å². The summed E-state index contributed by atoms with van der Waals surface area (Å²) in [6, 6.07) is 56.9. The Morgan fingerprint density at radius 2 is 0.887 bits per heavy atom.